The number of benzene rings is 1. The van der Waals surface area contributed by atoms with Crippen molar-refractivity contribution in [2.75, 3.05) is 37.6 Å². The Morgan fingerprint density at radius 1 is 1.08 bits per heavy atom. The van der Waals surface area contributed by atoms with Crippen molar-refractivity contribution >= 4 is 23.2 Å². The number of anilines is 1. The molecular formula is C18H26N4O4. The first-order valence-corrected chi connectivity index (χ1v) is 8.99. The maximum Gasteiger partial charge on any atom is 0.269 e. The second-order valence-corrected chi connectivity index (χ2v) is 6.43. The third-order valence-electron chi connectivity index (χ3n) is 4.50. The van der Waals surface area contributed by atoms with Gasteiger partial charge in [-0.3, -0.25) is 19.7 Å². The number of non-ortho nitro benzene ring substituents is 1. The average Bonchev–Trinajstić information content (AvgIpc) is 2.64. The van der Waals surface area contributed by atoms with Gasteiger partial charge in [0.2, 0.25) is 11.8 Å². The standard InChI is InChI=1S/C18H26N4O4/c1-15(23)19-10-4-2-3-5-18(24)21-13-11-20(12-14-21)16-6-8-17(9-7-16)22(25)26/h6-9H,2-5,10-14H2,1H3,(H,19,23). The van der Waals surface area contributed by atoms with Crippen LogP contribution >= 0.6 is 0 Å². The van der Waals surface area contributed by atoms with Gasteiger partial charge in [0.1, 0.15) is 0 Å². The van der Waals surface area contributed by atoms with Crippen LogP contribution in [-0.2, 0) is 9.59 Å². The topological polar surface area (TPSA) is 95.8 Å². The fourth-order valence-corrected chi connectivity index (χ4v) is 3.00. The van der Waals surface area contributed by atoms with Crippen LogP contribution in [0.5, 0.6) is 0 Å². The van der Waals surface area contributed by atoms with E-state index in [2.05, 4.69) is 10.2 Å². The molecule has 1 saturated heterocycles. The number of nitro benzene ring substituents is 1. The van der Waals surface area contributed by atoms with E-state index in [0.717, 1.165) is 38.0 Å². The van der Waals surface area contributed by atoms with Gasteiger partial charge in [0, 0.05) is 63.9 Å². The first kappa shape index (κ1) is 19.7. The van der Waals surface area contributed by atoms with E-state index in [9.17, 15) is 19.7 Å². The molecule has 2 amide bonds. The Morgan fingerprint density at radius 2 is 1.73 bits per heavy atom. The quantitative estimate of drug-likeness (QED) is 0.433. The lowest BCUT2D eigenvalue weighted by Gasteiger charge is -2.36. The second-order valence-electron chi connectivity index (χ2n) is 6.43. The van der Waals surface area contributed by atoms with Crippen LogP contribution in [0, 0.1) is 10.1 Å². The van der Waals surface area contributed by atoms with Crippen LogP contribution < -0.4 is 10.2 Å². The number of piperazine rings is 1. The number of carbonyl (C=O) groups is 2. The van der Waals surface area contributed by atoms with Gasteiger partial charge in [-0.1, -0.05) is 6.42 Å². The van der Waals surface area contributed by atoms with E-state index < -0.39 is 4.92 Å². The summed E-state index contributed by atoms with van der Waals surface area (Å²) in [4.78, 5) is 37.4. The van der Waals surface area contributed by atoms with Crippen molar-refractivity contribution in [1.82, 2.24) is 10.2 Å². The molecule has 2 rings (SSSR count). The lowest BCUT2D eigenvalue weighted by molar-refractivity contribution is -0.384. The Bertz CT molecular complexity index is 625. The molecule has 0 aromatic heterocycles. The molecule has 1 aromatic carbocycles. The Morgan fingerprint density at radius 3 is 2.31 bits per heavy atom. The molecule has 0 radical (unpaired) electrons. The van der Waals surface area contributed by atoms with Gasteiger partial charge < -0.3 is 15.1 Å². The molecule has 1 aliphatic heterocycles. The van der Waals surface area contributed by atoms with Crippen molar-refractivity contribution in [2.45, 2.75) is 32.6 Å². The van der Waals surface area contributed by atoms with Gasteiger partial charge in [0.15, 0.2) is 0 Å². The van der Waals surface area contributed by atoms with Crippen molar-refractivity contribution < 1.29 is 14.5 Å². The van der Waals surface area contributed by atoms with Crippen LogP contribution in [0.1, 0.15) is 32.6 Å². The predicted molar refractivity (Wildman–Crippen MR) is 99.0 cm³/mol. The molecule has 0 saturated carbocycles. The summed E-state index contributed by atoms with van der Waals surface area (Å²) >= 11 is 0. The van der Waals surface area contributed by atoms with Crippen molar-refractivity contribution in [3.8, 4) is 0 Å². The van der Waals surface area contributed by atoms with Crippen molar-refractivity contribution in [3.63, 3.8) is 0 Å². The van der Waals surface area contributed by atoms with E-state index in [0.29, 0.717) is 26.1 Å². The summed E-state index contributed by atoms with van der Waals surface area (Å²) < 4.78 is 0. The molecule has 0 atom stereocenters. The normalized spacial score (nSPS) is 14.2. The van der Waals surface area contributed by atoms with E-state index in [4.69, 9.17) is 0 Å². The number of carbonyl (C=O) groups excluding carboxylic acids is 2. The minimum absolute atomic E-state index is 0.0213. The highest BCUT2D eigenvalue weighted by Crippen LogP contribution is 2.21. The Hall–Kier alpha value is -2.64. The summed E-state index contributed by atoms with van der Waals surface area (Å²) in [7, 11) is 0. The molecule has 1 N–H and O–H groups in total. The molecule has 26 heavy (non-hydrogen) atoms. The molecule has 0 spiro atoms. The van der Waals surface area contributed by atoms with Crippen molar-refractivity contribution in [1.29, 1.82) is 0 Å². The maximum absolute atomic E-state index is 12.3. The molecule has 142 valence electrons. The fraction of sp³-hybridized carbons (Fsp3) is 0.556. The lowest BCUT2D eigenvalue weighted by Crippen LogP contribution is -2.48. The van der Waals surface area contributed by atoms with Crippen molar-refractivity contribution in [2.24, 2.45) is 0 Å². The highest BCUT2D eigenvalue weighted by atomic mass is 16.6. The van der Waals surface area contributed by atoms with Crippen molar-refractivity contribution in [3.05, 3.63) is 34.4 Å². The zero-order chi connectivity index (χ0) is 18.9. The highest BCUT2D eigenvalue weighted by molar-refractivity contribution is 5.76. The molecule has 0 unspecified atom stereocenters. The summed E-state index contributed by atoms with van der Waals surface area (Å²) in [5.74, 6) is 0.153. The molecule has 8 heteroatoms. The monoisotopic (exact) mass is 362 g/mol. The number of rotatable bonds is 8. The number of nitro groups is 1. The molecule has 0 aliphatic carbocycles. The smallest absolute Gasteiger partial charge is 0.269 e. The van der Waals surface area contributed by atoms with Crippen LogP contribution in [0.4, 0.5) is 11.4 Å². The summed E-state index contributed by atoms with van der Waals surface area (Å²) in [6.45, 7) is 4.96. The van der Waals surface area contributed by atoms with E-state index in [1.807, 2.05) is 4.90 Å². The zero-order valence-electron chi connectivity index (χ0n) is 15.1. The minimum Gasteiger partial charge on any atom is -0.368 e. The number of amides is 2. The number of nitrogens with one attached hydrogen (secondary N) is 1. The Labute approximate surface area is 153 Å². The van der Waals surface area contributed by atoms with Gasteiger partial charge in [-0.25, -0.2) is 0 Å². The third kappa shape index (κ3) is 6.02. The van der Waals surface area contributed by atoms with Crippen LogP contribution in [-0.4, -0.2) is 54.4 Å². The SMILES string of the molecule is CC(=O)NCCCCCC(=O)N1CCN(c2ccc([N+](=O)[O-])cc2)CC1. The largest absolute Gasteiger partial charge is 0.368 e. The molecule has 1 aliphatic rings. The summed E-state index contributed by atoms with van der Waals surface area (Å²) in [5, 5.41) is 13.5. The highest BCUT2D eigenvalue weighted by Gasteiger charge is 2.21. The molecule has 1 aromatic rings. The second kappa shape index (κ2) is 9.74. The predicted octanol–water partition coefficient (Wildman–Crippen LogP) is 1.94. The van der Waals surface area contributed by atoms with Crippen LogP contribution in [0.3, 0.4) is 0 Å². The minimum atomic E-state index is -0.406. The molecule has 1 heterocycles. The molecule has 8 nitrogen and oxygen atoms in total. The number of hydrogen-bond acceptors (Lipinski definition) is 5. The summed E-state index contributed by atoms with van der Waals surface area (Å²) in [6, 6.07) is 6.52. The Kier molecular flexibility index (Phi) is 7.37. The van der Waals surface area contributed by atoms with E-state index in [-0.39, 0.29) is 17.5 Å². The van der Waals surface area contributed by atoms with Gasteiger partial charge in [0.25, 0.3) is 5.69 Å². The van der Waals surface area contributed by atoms with Gasteiger partial charge >= 0.3 is 0 Å². The number of hydrogen-bond donors (Lipinski definition) is 1. The number of unbranched alkanes of at least 4 members (excludes halogenated alkanes) is 2. The summed E-state index contributed by atoms with van der Waals surface area (Å²) in [6.07, 6.45) is 3.19. The van der Waals surface area contributed by atoms with Gasteiger partial charge in [-0.05, 0) is 25.0 Å². The van der Waals surface area contributed by atoms with Gasteiger partial charge in [0.05, 0.1) is 4.92 Å². The third-order valence-corrected chi connectivity index (χ3v) is 4.50. The average molecular weight is 362 g/mol. The van der Waals surface area contributed by atoms with Crippen LogP contribution in [0.15, 0.2) is 24.3 Å². The van der Waals surface area contributed by atoms with Crippen LogP contribution in [0.2, 0.25) is 0 Å². The molecule has 1 fully saturated rings. The van der Waals surface area contributed by atoms with E-state index in [1.54, 1.807) is 12.1 Å². The first-order valence-electron chi connectivity index (χ1n) is 8.99. The Balaban J connectivity index is 1.68. The first-order chi connectivity index (χ1) is 12.5. The lowest BCUT2D eigenvalue weighted by atomic mass is 10.1. The molecule has 0 bridgehead atoms. The molecular weight excluding hydrogens is 336 g/mol. The maximum atomic E-state index is 12.3. The van der Waals surface area contributed by atoms with Crippen LogP contribution in [0.25, 0.3) is 0 Å². The van der Waals surface area contributed by atoms with E-state index >= 15 is 0 Å². The van der Waals surface area contributed by atoms with Gasteiger partial charge in [-0.2, -0.15) is 0 Å². The number of nitrogens with zero attached hydrogens (tertiary/aromatic N) is 3. The van der Waals surface area contributed by atoms with E-state index in [1.165, 1.54) is 19.1 Å². The fourth-order valence-electron chi connectivity index (χ4n) is 3.00. The summed E-state index contributed by atoms with van der Waals surface area (Å²) in [5.41, 5.74) is 1.03. The van der Waals surface area contributed by atoms with Gasteiger partial charge in [-0.15, -0.1) is 0 Å². The zero-order valence-corrected chi connectivity index (χ0v) is 15.1.